The van der Waals surface area contributed by atoms with E-state index in [0.717, 1.165) is 28.1 Å². The summed E-state index contributed by atoms with van der Waals surface area (Å²) in [5.74, 6) is 1.09. The number of nitrogens with zero attached hydrogens (tertiary/aromatic N) is 1. The Kier molecular flexibility index (Phi) is 6.13. The predicted octanol–water partition coefficient (Wildman–Crippen LogP) is 6.26. The lowest BCUT2D eigenvalue weighted by molar-refractivity contribution is 0.306. The van der Waals surface area contributed by atoms with Crippen LogP contribution in [0.2, 0.25) is 0 Å². The van der Waals surface area contributed by atoms with Crippen LogP contribution in [0, 0.1) is 0 Å². The molecule has 0 fully saturated rings. The third-order valence-electron chi connectivity index (χ3n) is 5.88. The molecule has 0 bridgehead atoms. The van der Waals surface area contributed by atoms with Crippen LogP contribution in [0.5, 0.6) is 11.5 Å². The molecule has 0 spiro atoms. The molecule has 1 aliphatic carbocycles. The summed E-state index contributed by atoms with van der Waals surface area (Å²) in [6.07, 6.45) is 0. The predicted molar refractivity (Wildman–Crippen MR) is 136 cm³/mol. The van der Waals surface area contributed by atoms with Gasteiger partial charge in [0.2, 0.25) is 0 Å². The van der Waals surface area contributed by atoms with Crippen LogP contribution in [0.1, 0.15) is 11.1 Å². The smallest absolute Gasteiger partial charge is 0.195 e. The van der Waals surface area contributed by atoms with E-state index in [2.05, 4.69) is 28.8 Å². The molecule has 0 saturated heterocycles. The summed E-state index contributed by atoms with van der Waals surface area (Å²) < 4.78 is 13.9. The van der Waals surface area contributed by atoms with Gasteiger partial charge in [0.15, 0.2) is 5.43 Å². The van der Waals surface area contributed by atoms with E-state index in [1.165, 1.54) is 6.07 Å². The lowest BCUT2D eigenvalue weighted by atomic mass is 10.0. The first kappa shape index (κ1) is 21.5. The molecule has 0 aromatic heterocycles. The molecule has 0 unspecified atom stereocenters. The minimum Gasteiger partial charge on any atom is -0.497 e. The fourth-order valence-corrected chi connectivity index (χ4v) is 4.19. The number of benzene rings is 4. The quantitative estimate of drug-likeness (QED) is 0.296. The first-order valence-electron chi connectivity index (χ1n) is 11.2. The largest absolute Gasteiger partial charge is 0.497 e. The van der Waals surface area contributed by atoms with E-state index in [9.17, 15) is 4.79 Å². The lowest BCUT2D eigenvalue weighted by Crippen LogP contribution is -2.17. The Bertz CT molecular complexity index is 1410. The Morgan fingerprint density at radius 2 is 1.32 bits per heavy atom. The van der Waals surface area contributed by atoms with Crippen molar-refractivity contribution in [3.63, 3.8) is 0 Å². The van der Waals surface area contributed by atoms with Crippen LogP contribution in [0.3, 0.4) is 0 Å². The van der Waals surface area contributed by atoms with Gasteiger partial charge in [0.1, 0.15) is 18.1 Å². The number of fused-ring (bicyclic) bond motifs is 1. The van der Waals surface area contributed by atoms with E-state index >= 15 is 0 Å². The van der Waals surface area contributed by atoms with Crippen molar-refractivity contribution in [2.75, 3.05) is 7.11 Å². The van der Waals surface area contributed by atoms with Gasteiger partial charge in [-0.15, -0.1) is 0 Å². The van der Waals surface area contributed by atoms with Crippen molar-refractivity contribution >= 4 is 0 Å². The van der Waals surface area contributed by atoms with Gasteiger partial charge in [0, 0.05) is 24.7 Å². The molecule has 0 amide bonds. The van der Waals surface area contributed by atoms with Gasteiger partial charge < -0.3 is 14.0 Å². The summed E-state index contributed by atoms with van der Waals surface area (Å²) in [7, 11) is 1.58. The molecule has 168 valence electrons. The molecule has 0 atom stereocenters. The molecular formula is C30H25NO3. The van der Waals surface area contributed by atoms with E-state index in [-0.39, 0.29) is 5.43 Å². The molecule has 1 heterocycles. The SMILES string of the molecule is COc1cc2n(Cc3ccccc3)c(-c3ccccc3)cc(OCc3ccccc3)c-2c(=O)c1. The maximum atomic E-state index is 13.3. The van der Waals surface area contributed by atoms with E-state index in [1.54, 1.807) is 7.11 Å². The highest BCUT2D eigenvalue weighted by Crippen LogP contribution is 2.38. The van der Waals surface area contributed by atoms with Gasteiger partial charge in [0.25, 0.3) is 0 Å². The second-order valence-corrected chi connectivity index (χ2v) is 8.13. The summed E-state index contributed by atoms with van der Waals surface area (Å²) in [5.41, 5.74) is 5.38. The van der Waals surface area contributed by atoms with Gasteiger partial charge in [-0.25, -0.2) is 0 Å². The highest BCUT2D eigenvalue weighted by Gasteiger charge is 2.22. The topological polar surface area (TPSA) is 40.5 Å². The Labute approximate surface area is 199 Å². The minimum absolute atomic E-state index is 0.126. The third kappa shape index (κ3) is 4.44. The number of aromatic nitrogens is 1. The van der Waals surface area contributed by atoms with Crippen molar-refractivity contribution < 1.29 is 9.47 Å². The summed E-state index contributed by atoms with van der Waals surface area (Å²) in [6.45, 7) is 0.978. The van der Waals surface area contributed by atoms with Gasteiger partial charge in [-0.3, -0.25) is 4.79 Å². The van der Waals surface area contributed by atoms with Crippen LogP contribution >= 0.6 is 0 Å². The molecule has 34 heavy (non-hydrogen) atoms. The standard InChI is InChI=1S/C30H25NO3/c1-33-25-17-27-30(28(32)18-25)29(34-21-23-13-7-3-8-14-23)19-26(24-15-9-4-10-16-24)31(27)20-22-11-5-2-6-12-22/h2-19H,20-21H2,1H3. The minimum atomic E-state index is -0.126. The van der Waals surface area contributed by atoms with Crippen molar-refractivity contribution in [2.45, 2.75) is 13.2 Å². The van der Waals surface area contributed by atoms with Crippen LogP contribution in [0.25, 0.3) is 22.5 Å². The number of pyridine rings is 1. The van der Waals surface area contributed by atoms with E-state index in [4.69, 9.17) is 9.47 Å². The molecule has 4 nitrogen and oxygen atoms in total. The monoisotopic (exact) mass is 447 g/mol. The van der Waals surface area contributed by atoms with Crippen LogP contribution in [-0.2, 0) is 13.2 Å². The third-order valence-corrected chi connectivity index (χ3v) is 5.88. The molecule has 0 saturated carbocycles. The molecular weight excluding hydrogens is 422 g/mol. The zero-order valence-electron chi connectivity index (χ0n) is 19.0. The number of rotatable bonds is 7. The summed E-state index contributed by atoms with van der Waals surface area (Å²) in [5, 5.41) is 0. The number of methoxy groups -OCH3 is 1. The van der Waals surface area contributed by atoms with Crippen LogP contribution in [0.15, 0.2) is 114 Å². The van der Waals surface area contributed by atoms with Crippen LogP contribution < -0.4 is 14.9 Å². The molecule has 0 radical (unpaired) electrons. The maximum absolute atomic E-state index is 13.3. The fraction of sp³-hybridized carbons (Fsp3) is 0.100. The maximum Gasteiger partial charge on any atom is 0.195 e. The molecule has 0 N–H and O–H groups in total. The van der Waals surface area contributed by atoms with E-state index < -0.39 is 0 Å². The first-order chi connectivity index (χ1) is 16.7. The summed E-state index contributed by atoms with van der Waals surface area (Å²) in [4.78, 5) is 13.3. The lowest BCUT2D eigenvalue weighted by Gasteiger charge is -2.24. The fourth-order valence-electron chi connectivity index (χ4n) is 4.19. The van der Waals surface area contributed by atoms with Gasteiger partial charge in [-0.05, 0) is 16.7 Å². The van der Waals surface area contributed by atoms with Crippen molar-refractivity contribution in [1.29, 1.82) is 0 Å². The van der Waals surface area contributed by atoms with Crippen molar-refractivity contribution in [3.8, 4) is 34.0 Å². The Hall–Kier alpha value is -4.31. The molecule has 3 aromatic carbocycles. The van der Waals surface area contributed by atoms with Crippen LogP contribution in [-0.4, -0.2) is 11.7 Å². The highest BCUT2D eigenvalue weighted by atomic mass is 16.5. The van der Waals surface area contributed by atoms with Gasteiger partial charge in [0.05, 0.1) is 24.1 Å². The Morgan fingerprint density at radius 3 is 1.97 bits per heavy atom. The molecule has 3 aromatic rings. The average molecular weight is 448 g/mol. The van der Waals surface area contributed by atoms with Gasteiger partial charge >= 0.3 is 0 Å². The molecule has 2 aliphatic rings. The Morgan fingerprint density at radius 1 is 0.706 bits per heavy atom. The van der Waals surface area contributed by atoms with Crippen molar-refractivity contribution in [3.05, 3.63) is 131 Å². The molecule has 5 rings (SSSR count). The second-order valence-electron chi connectivity index (χ2n) is 8.13. The van der Waals surface area contributed by atoms with Gasteiger partial charge in [-0.1, -0.05) is 91.0 Å². The molecule has 1 aliphatic heterocycles. The zero-order chi connectivity index (χ0) is 23.3. The van der Waals surface area contributed by atoms with Crippen molar-refractivity contribution in [2.24, 2.45) is 0 Å². The number of hydrogen-bond acceptors (Lipinski definition) is 3. The molecule has 4 heteroatoms. The van der Waals surface area contributed by atoms with Crippen LogP contribution in [0.4, 0.5) is 0 Å². The number of ether oxygens (including phenoxy) is 2. The second kappa shape index (κ2) is 9.67. The highest BCUT2D eigenvalue weighted by molar-refractivity contribution is 5.77. The summed E-state index contributed by atoms with van der Waals surface area (Å²) in [6, 6.07) is 35.8. The van der Waals surface area contributed by atoms with Gasteiger partial charge in [-0.2, -0.15) is 0 Å². The Balaban J connectivity index is 1.73. The average Bonchev–Trinajstić information content (AvgIpc) is 2.89. The number of hydrogen-bond donors (Lipinski definition) is 0. The van der Waals surface area contributed by atoms with E-state index in [0.29, 0.717) is 30.2 Å². The van der Waals surface area contributed by atoms with Crippen molar-refractivity contribution in [1.82, 2.24) is 4.57 Å². The van der Waals surface area contributed by atoms with E-state index in [1.807, 2.05) is 78.9 Å². The zero-order valence-corrected chi connectivity index (χ0v) is 19.0. The first-order valence-corrected chi connectivity index (χ1v) is 11.2. The summed E-state index contributed by atoms with van der Waals surface area (Å²) >= 11 is 0. The normalized spacial score (nSPS) is 10.9.